The lowest BCUT2D eigenvalue weighted by Gasteiger charge is -2.30. The van der Waals surface area contributed by atoms with Crippen molar-refractivity contribution in [3.63, 3.8) is 0 Å². The Morgan fingerprint density at radius 2 is 2.00 bits per heavy atom. The van der Waals surface area contributed by atoms with Crippen LogP contribution in [0.3, 0.4) is 0 Å². The number of pyridine rings is 1. The van der Waals surface area contributed by atoms with E-state index in [2.05, 4.69) is 15.2 Å². The Hall–Kier alpha value is -4.37. The molecule has 206 valence electrons. The fourth-order valence-corrected chi connectivity index (χ4v) is 5.68. The molecule has 2 aliphatic heterocycles. The Balaban J connectivity index is 1.48. The van der Waals surface area contributed by atoms with Crippen molar-refractivity contribution in [1.29, 1.82) is 0 Å². The molecule has 1 saturated heterocycles. The van der Waals surface area contributed by atoms with Crippen LogP contribution in [0.25, 0.3) is 27.4 Å². The molecule has 3 aromatic carbocycles. The molecule has 3 N–H and O–H groups in total. The number of carbonyl (C=O) groups is 1. The molecule has 1 atom stereocenters. The summed E-state index contributed by atoms with van der Waals surface area (Å²) in [5, 5.41) is 5.47. The summed E-state index contributed by atoms with van der Waals surface area (Å²) in [7, 11) is 3.82. The minimum Gasteiger partial charge on any atom is -0.451 e. The van der Waals surface area contributed by atoms with Gasteiger partial charge in [0.05, 0.1) is 23.1 Å². The number of carbonyl (C=O) groups excluding carboxylic acids is 1. The molecule has 0 unspecified atom stereocenters. The van der Waals surface area contributed by atoms with Gasteiger partial charge in [0, 0.05) is 52.5 Å². The Labute approximate surface area is 232 Å². The van der Waals surface area contributed by atoms with Crippen LogP contribution in [0.15, 0.2) is 58.4 Å². The molecule has 6 rings (SSSR count). The van der Waals surface area contributed by atoms with E-state index in [1.54, 1.807) is 12.5 Å². The maximum absolute atomic E-state index is 13.8. The van der Waals surface area contributed by atoms with Crippen LogP contribution in [-0.4, -0.2) is 68.0 Å². The maximum Gasteiger partial charge on any atom is 0.256 e. The maximum atomic E-state index is 13.8. The summed E-state index contributed by atoms with van der Waals surface area (Å²) in [5.41, 5.74) is 9.38. The Morgan fingerprint density at radius 1 is 1.23 bits per heavy atom. The molecule has 0 spiro atoms. The second kappa shape index (κ2) is 10.3. The summed E-state index contributed by atoms with van der Waals surface area (Å²) >= 11 is 0. The van der Waals surface area contributed by atoms with Crippen LogP contribution in [0.4, 0.5) is 5.69 Å². The topological polar surface area (TPSA) is 105 Å². The number of nitrogens with zero attached hydrogens (tertiary/aromatic N) is 4. The standard InChI is InChI=1S/C31H34N6O3/c1-19-13-23-28-30(27(19)36-12-9-22(32)16-36)40-26-15-21-8-5-4-7-20(21)14-25(26)37(28)17-24(29(23)38)31(39)34-11-6-10-33-18-35(2)3/h4-5,7-8,13-15,17-18,22H,6,9-12,16,32H2,1-3H3,(H,34,39)/t22-/m1/s1. The van der Waals surface area contributed by atoms with Crippen molar-refractivity contribution < 1.29 is 9.53 Å². The molecular formula is C31H34N6O3. The number of hydrogen-bond acceptors (Lipinski definition) is 6. The number of nitrogens with one attached hydrogen (secondary N) is 1. The van der Waals surface area contributed by atoms with Gasteiger partial charge in [0.2, 0.25) is 5.43 Å². The molecule has 0 aliphatic carbocycles. The number of fused-ring (bicyclic) bond motifs is 3. The average Bonchev–Trinajstić information content (AvgIpc) is 3.36. The third-order valence-electron chi connectivity index (χ3n) is 7.55. The number of benzene rings is 3. The number of nitrogens with two attached hydrogens (primary N) is 1. The predicted molar refractivity (Wildman–Crippen MR) is 161 cm³/mol. The summed E-state index contributed by atoms with van der Waals surface area (Å²) in [4.78, 5) is 35.5. The van der Waals surface area contributed by atoms with Crippen molar-refractivity contribution in [3.05, 3.63) is 70.0 Å². The average molecular weight is 539 g/mol. The predicted octanol–water partition coefficient (Wildman–Crippen LogP) is 3.81. The summed E-state index contributed by atoms with van der Waals surface area (Å²) in [5.74, 6) is 0.918. The van der Waals surface area contributed by atoms with E-state index in [9.17, 15) is 9.59 Å². The highest BCUT2D eigenvalue weighted by molar-refractivity contribution is 6.02. The van der Waals surface area contributed by atoms with Gasteiger partial charge in [-0.05, 0) is 54.3 Å². The number of aromatic nitrogens is 1. The van der Waals surface area contributed by atoms with Gasteiger partial charge in [0.25, 0.3) is 5.91 Å². The Kier molecular flexibility index (Phi) is 6.67. The zero-order valence-corrected chi connectivity index (χ0v) is 23.1. The number of aliphatic imine (C=N–C) groups is 1. The van der Waals surface area contributed by atoms with E-state index >= 15 is 0 Å². The lowest BCUT2D eigenvalue weighted by molar-refractivity contribution is 0.0952. The lowest BCUT2D eigenvalue weighted by Crippen LogP contribution is -2.31. The highest BCUT2D eigenvalue weighted by Gasteiger charge is 2.31. The lowest BCUT2D eigenvalue weighted by atomic mass is 10.0. The van der Waals surface area contributed by atoms with Crippen molar-refractivity contribution in [2.75, 3.05) is 45.2 Å². The zero-order chi connectivity index (χ0) is 28.0. The molecule has 9 heteroatoms. The van der Waals surface area contributed by atoms with Crippen LogP contribution < -0.4 is 26.1 Å². The fourth-order valence-electron chi connectivity index (χ4n) is 5.68. The SMILES string of the molecule is Cc1cc2c(=O)c(C(=O)NCCCN=CN(C)C)cn3c2c(c1N1CC[C@@H](N)C1)Oc1cc2ccccc2cc1-3. The van der Waals surface area contributed by atoms with E-state index in [0.29, 0.717) is 41.9 Å². The van der Waals surface area contributed by atoms with Crippen LogP contribution in [0.2, 0.25) is 0 Å². The number of amides is 1. The number of anilines is 1. The molecule has 3 heterocycles. The normalized spacial score (nSPS) is 16.0. The molecule has 1 amide bonds. The number of aryl methyl sites for hydroxylation is 1. The largest absolute Gasteiger partial charge is 0.451 e. The number of ether oxygens (including phenoxy) is 1. The van der Waals surface area contributed by atoms with Crippen molar-refractivity contribution in [3.8, 4) is 17.2 Å². The van der Waals surface area contributed by atoms with E-state index in [4.69, 9.17) is 10.5 Å². The van der Waals surface area contributed by atoms with Gasteiger partial charge in [-0.1, -0.05) is 24.3 Å². The van der Waals surface area contributed by atoms with Crippen LogP contribution in [0.5, 0.6) is 11.5 Å². The van der Waals surface area contributed by atoms with Crippen molar-refractivity contribution in [2.24, 2.45) is 10.7 Å². The minimum absolute atomic E-state index is 0.0870. The summed E-state index contributed by atoms with van der Waals surface area (Å²) in [6.45, 7) is 4.53. The number of hydrogen-bond donors (Lipinski definition) is 2. The van der Waals surface area contributed by atoms with Gasteiger partial charge < -0.3 is 30.2 Å². The smallest absolute Gasteiger partial charge is 0.256 e. The van der Waals surface area contributed by atoms with Crippen LogP contribution in [0.1, 0.15) is 28.8 Å². The van der Waals surface area contributed by atoms with Crippen molar-refractivity contribution in [1.82, 2.24) is 14.8 Å². The molecule has 9 nitrogen and oxygen atoms in total. The fraction of sp³-hybridized carbons (Fsp3) is 0.323. The van der Waals surface area contributed by atoms with Crippen LogP contribution in [0, 0.1) is 6.92 Å². The molecule has 4 aromatic rings. The summed E-state index contributed by atoms with van der Waals surface area (Å²) in [6.07, 6.45) is 4.98. The summed E-state index contributed by atoms with van der Waals surface area (Å²) in [6, 6.07) is 14.1. The first-order valence-corrected chi connectivity index (χ1v) is 13.7. The van der Waals surface area contributed by atoms with E-state index in [1.807, 2.05) is 73.0 Å². The van der Waals surface area contributed by atoms with E-state index < -0.39 is 5.91 Å². The number of rotatable bonds is 7. The summed E-state index contributed by atoms with van der Waals surface area (Å²) < 4.78 is 8.58. The third-order valence-corrected chi connectivity index (χ3v) is 7.55. The molecule has 0 saturated carbocycles. The Bertz CT molecular complexity index is 1720. The zero-order valence-electron chi connectivity index (χ0n) is 23.1. The highest BCUT2D eigenvalue weighted by atomic mass is 16.5. The van der Waals surface area contributed by atoms with Gasteiger partial charge >= 0.3 is 0 Å². The molecule has 0 radical (unpaired) electrons. The second-order valence-corrected chi connectivity index (χ2v) is 10.9. The molecule has 1 fully saturated rings. The van der Waals surface area contributed by atoms with Gasteiger partial charge in [-0.2, -0.15) is 0 Å². The molecule has 1 aromatic heterocycles. The van der Waals surface area contributed by atoms with Crippen molar-refractivity contribution in [2.45, 2.75) is 25.8 Å². The van der Waals surface area contributed by atoms with Crippen LogP contribution >= 0.6 is 0 Å². The molecular weight excluding hydrogens is 504 g/mol. The van der Waals surface area contributed by atoms with Gasteiger partial charge in [0.1, 0.15) is 11.1 Å². The first-order valence-electron chi connectivity index (χ1n) is 13.7. The highest BCUT2D eigenvalue weighted by Crippen LogP contribution is 2.48. The minimum atomic E-state index is -0.394. The van der Waals surface area contributed by atoms with Crippen molar-refractivity contribution >= 4 is 39.6 Å². The van der Waals surface area contributed by atoms with Gasteiger partial charge in [-0.25, -0.2) is 0 Å². The monoisotopic (exact) mass is 538 g/mol. The molecule has 40 heavy (non-hydrogen) atoms. The Morgan fingerprint density at radius 3 is 2.73 bits per heavy atom. The van der Waals surface area contributed by atoms with E-state index in [0.717, 1.165) is 47.2 Å². The van der Waals surface area contributed by atoms with Gasteiger partial charge in [-0.3, -0.25) is 14.6 Å². The first kappa shape index (κ1) is 25.9. The molecule has 2 aliphatic rings. The third kappa shape index (κ3) is 4.56. The molecule has 0 bridgehead atoms. The van der Waals surface area contributed by atoms with Crippen LogP contribution in [-0.2, 0) is 0 Å². The van der Waals surface area contributed by atoms with E-state index in [1.165, 1.54) is 0 Å². The second-order valence-electron chi connectivity index (χ2n) is 10.9. The quantitative estimate of drug-likeness (QED) is 0.186. The van der Waals surface area contributed by atoms with E-state index in [-0.39, 0.29) is 17.0 Å². The van der Waals surface area contributed by atoms with Gasteiger partial charge in [-0.15, -0.1) is 0 Å². The van der Waals surface area contributed by atoms with Gasteiger partial charge in [0.15, 0.2) is 11.5 Å². The first-order chi connectivity index (χ1) is 19.3.